The van der Waals surface area contributed by atoms with E-state index in [2.05, 4.69) is 55.4 Å². The predicted molar refractivity (Wildman–Crippen MR) is 372 cm³/mol. The molecule has 0 aliphatic carbocycles. The number of carbonyl (C=O) groups excluding carboxylic acids is 4. The Balaban J connectivity index is 5.18. The average Bonchev–Trinajstić information content (AvgIpc) is 2.02. The summed E-state index contributed by atoms with van der Waals surface area (Å²) in [6.45, 7) is 14.1. The van der Waals surface area contributed by atoms with Crippen LogP contribution in [-0.4, -0.2) is 96.7 Å². The fourth-order valence-corrected chi connectivity index (χ4v) is 12.6. The first-order chi connectivity index (χ1) is 44.1. The molecule has 0 radical (unpaired) electrons. The molecule has 0 rings (SSSR count). The highest BCUT2D eigenvalue weighted by Gasteiger charge is 2.30. The lowest BCUT2D eigenvalue weighted by Gasteiger charge is -2.21. The maximum absolute atomic E-state index is 13.0. The van der Waals surface area contributed by atoms with E-state index in [1.165, 1.54) is 161 Å². The molecule has 3 unspecified atom stereocenters. The number of esters is 4. The first-order valence-electron chi connectivity index (χ1n) is 37.7. The van der Waals surface area contributed by atoms with Crippen LogP contribution in [0.1, 0.15) is 364 Å². The van der Waals surface area contributed by atoms with Crippen molar-refractivity contribution >= 4 is 39.5 Å². The van der Waals surface area contributed by atoms with Gasteiger partial charge in [0.05, 0.1) is 26.4 Å². The van der Waals surface area contributed by atoms with Crippen molar-refractivity contribution in [3.63, 3.8) is 0 Å². The highest BCUT2D eigenvalue weighted by molar-refractivity contribution is 7.47. The highest BCUT2D eigenvalue weighted by Crippen LogP contribution is 2.45. The van der Waals surface area contributed by atoms with Crippen molar-refractivity contribution in [2.45, 2.75) is 382 Å². The van der Waals surface area contributed by atoms with E-state index in [1.54, 1.807) is 0 Å². The molecule has 0 aliphatic rings. The number of phosphoric ester groups is 2. The summed E-state index contributed by atoms with van der Waals surface area (Å²) in [7, 11) is -9.91. The van der Waals surface area contributed by atoms with Gasteiger partial charge >= 0.3 is 39.5 Å². The molecule has 0 saturated carbocycles. The molecule has 5 atom stereocenters. The molecule has 3 N–H and O–H groups in total. The van der Waals surface area contributed by atoms with E-state index in [4.69, 9.17) is 37.0 Å². The number of rotatable bonds is 70. The van der Waals surface area contributed by atoms with Gasteiger partial charge < -0.3 is 33.8 Å². The summed E-state index contributed by atoms with van der Waals surface area (Å²) in [4.78, 5) is 72.6. The maximum atomic E-state index is 13.0. The predicted octanol–water partition coefficient (Wildman–Crippen LogP) is 20.9. The first kappa shape index (κ1) is 90.1. The Morgan fingerprint density at radius 2 is 0.457 bits per heavy atom. The second-order valence-electron chi connectivity index (χ2n) is 28.2. The second-order valence-corrected chi connectivity index (χ2v) is 31.1. The molecule has 0 heterocycles. The van der Waals surface area contributed by atoms with Crippen molar-refractivity contribution in [2.75, 3.05) is 39.6 Å². The lowest BCUT2D eigenvalue weighted by molar-refractivity contribution is -0.161. The number of carbonyl (C=O) groups is 4. The number of phosphoric acid groups is 2. The fraction of sp³-hybridized carbons (Fsp3) is 0.945. The third kappa shape index (κ3) is 66.7. The largest absolute Gasteiger partial charge is 0.472 e. The minimum absolute atomic E-state index is 0.103. The van der Waals surface area contributed by atoms with Crippen LogP contribution in [0.4, 0.5) is 0 Å². The topological polar surface area (TPSA) is 237 Å². The monoisotopic (exact) mass is 1350 g/mol. The van der Waals surface area contributed by atoms with E-state index in [0.717, 1.165) is 108 Å². The van der Waals surface area contributed by atoms with E-state index in [9.17, 15) is 43.2 Å². The Morgan fingerprint density at radius 3 is 0.674 bits per heavy atom. The van der Waals surface area contributed by atoms with Crippen LogP contribution < -0.4 is 0 Å². The van der Waals surface area contributed by atoms with Crippen LogP contribution in [0.25, 0.3) is 0 Å². The normalized spacial score (nSPS) is 14.2. The number of ether oxygens (including phenoxy) is 4. The van der Waals surface area contributed by atoms with Gasteiger partial charge in [0.15, 0.2) is 12.2 Å². The number of hydrogen-bond donors (Lipinski definition) is 3. The summed E-state index contributed by atoms with van der Waals surface area (Å²) in [5.41, 5.74) is 0. The van der Waals surface area contributed by atoms with Crippen LogP contribution >= 0.6 is 15.6 Å². The zero-order valence-corrected chi connectivity index (χ0v) is 62.0. The van der Waals surface area contributed by atoms with Crippen LogP contribution in [0.2, 0.25) is 0 Å². The lowest BCUT2D eigenvalue weighted by Crippen LogP contribution is -2.30. The molecule has 0 amide bonds. The van der Waals surface area contributed by atoms with Gasteiger partial charge in [0.1, 0.15) is 19.3 Å². The zero-order chi connectivity index (χ0) is 68.2. The molecular weight excluding hydrogens is 1210 g/mol. The molecule has 0 saturated heterocycles. The van der Waals surface area contributed by atoms with Gasteiger partial charge in [-0.15, -0.1) is 0 Å². The molecule has 546 valence electrons. The van der Waals surface area contributed by atoms with Crippen LogP contribution in [-0.2, 0) is 65.4 Å². The fourth-order valence-electron chi connectivity index (χ4n) is 11.0. The van der Waals surface area contributed by atoms with Gasteiger partial charge in [0, 0.05) is 25.7 Å². The molecule has 92 heavy (non-hydrogen) atoms. The Bertz CT molecular complexity index is 1820. The first-order valence-corrected chi connectivity index (χ1v) is 40.7. The molecule has 0 fully saturated rings. The van der Waals surface area contributed by atoms with Crippen LogP contribution in [0.15, 0.2) is 0 Å². The Labute approximate surface area is 562 Å². The Kier molecular flexibility index (Phi) is 61.3. The molecular formula is C73H142O17P2. The van der Waals surface area contributed by atoms with Gasteiger partial charge in [-0.25, -0.2) is 9.13 Å². The van der Waals surface area contributed by atoms with Crippen molar-refractivity contribution in [1.29, 1.82) is 0 Å². The zero-order valence-electron chi connectivity index (χ0n) is 60.2. The van der Waals surface area contributed by atoms with Crippen LogP contribution in [0, 0.1) is 23.7 Å². The van der Waals surface area contributed by atoms with E-state index in [-0.39, 0.29) is 25.7 Å². The van der Waals surface area contributed by atoms with Crippen molar-refractivity contribution < 1.29 is 80.2 Å². The summed E-state index contributed by atoms with van der Waals surface area (Å²) in [6, 6.07) is 0. The summed E-state index contributed by atoms with van der Waals surface area (Å²) in [6.07, 6.45) is 46.1. The molecule has 0 spiro atoms. The summed E-state index contributed by atoms with van der Waals surface area (Å²) in [5.74, 6) is 0.837. The number of aliphatic hydroxyl groups is 1. The smallest absolute Gasteiger partial charge is 0.462 e. The molecule has 0 aromatic heterocycles. The molecule has 0 aromatic rings. The van der Waals surface area contributed by atoms with E-state index < -0.39 is 97.5 Å². The van der Waals surface area contributed by atoms with Crippen molar-refractivity contribution in [2.24, 2.45) is 23.7 Å². The van der Waals surface area contributed by atoms with Gasteiger partial charge in [0.25, 0.3) is 0 Å². The highest BCUT2D eigenvalue weighted by atomic mass is 31.2. The quantitative estimate of drug-likeness (QED) is 0.0222. The minimum Gasteiger partial charge on any atom is -0.462 e. The van der Waals surface area contributed by atoms with Crippen molar-refractivity contribution in [3.05, 3.63) is 0 Å². The molecule has 17 nitrogen and oxygen atoms in total. The summed E-state index contributed by atoms with van der Waals surface area (Å²) >= 11 is 0. The molecule has 0 aliphatic heterocycles. The van der Waals surface area contributed by atoms with E-state index in [1.807, 2.05) is 0 Å². The Hall–Kier alpha value is -1.94. The number of aliphatic hydroxyl groups excluding tert-OH is 1. The number of unbranched alkanes of at least 4 members (excludes halogenated alkanes) is 36. The molecule has 0 bridgehead atoms. The van der Waals surface area contributed by atoms with Gasteiger partial charge in [-0.3, -0.25) is 37.3 Å². The average molecular weight is 1350 g/mol. The molecule has 19 heteroatoms. The van der Waals surface area contributed by atoms with Gasteiger partial charge in [-0.2, -0.15) is 0 Å². The van der Waals surface area contributed by atoms with Gasteiger partial charge in [-0.1, -0.05) is 312 Å². The lowest BCUT2D eigenvalue weighted by atomic mass is 10.0. The standard InChI is InChI=1S/C73H142O17P2/c1-63(2)49-41-33-25-19-15-13-11-9-10-12-14-16-21-29-37-45-53-70(75)83-59-69(90-73(78)56-48-40-32-24-28-36-44-52-66(7)8)62-88-92(81,82)86-58-67(74)57-85-91(79,80)87-61-68(60-84-71(76)54-46-38-31-23-27-35-43-51-65(5)6)89-72(77)55-47-39-30-22-18-17-20-26-34-42-50-64(3)4/h63-69,74H,9-62H2,1-8H3,(H,79,80)(H,81,82)/t67?,68-,69-/m1/s1. The van der Waals surface area contributed by atoms with Gasteiger partial charge in [0.2, 0.25) is 0 Å². The maximum Gasteiger partial charge on any atom is 0.472 e. The van der Waals surface area contributed by atoms with Crippen LogP contribution in [0.5, 0.6) is 0 Å². The summed E-state index contributed by atoms with van der Waals surface area (Å²) in [5, 5.41) is 10.6. The molecule has 0 aromatic carbocycles. The van der Waals surface area contributed by atoms with E-state index in [0.29, 0.717) is 37.5 Å². The summed E-state index contributed by atoms with van der Waals surface area (Å²) < 4.78 is 68.3. The van der Waals surface area contributed by atoms with Crippen LogP contribution in [0.3, 0.4) is 0 Å². The second kappa shape index (κ2) is 62.6. The van der Waals surface area contributed by atoms with Crippen molar-refractivity contribution in [1.82, 2.24) is 0 Å². The third-order valence-corrected chi connectivity index (χ3v) is 18.7. The minimum atomic E-state index is -4.95. The Morgan fingerprint density at radius 1 is 0.272 bits per heavy atom. The number of hydrogen-bond acceptors (Lipinski definition) is 15. The van der Waals surface area contributed by atoms with E-state index >= 15 is 0 Å². The van der Waals surface area contributed by atoms with Crippen molar-refractivity contribution in [3.8, 4) is 0 Å². The van der Waals surface area contributed by atoms with Gasteiger partial charge in [-0.05, 0) is 49.4 Å². The SMILES string of the molecule is CC(C)CCCCCCCCCCCCCCCCCCC(=O)OC[C@H](COP(=O)(O)OCC(O)COP(=O)(O)OC[C@@H](COC(=O)CCCCCCCCCC(C)C)OC(=O)CCCCCCCCCCCCC(C)C)OC(=O)CCCCCCCCCC(C)C. The third-order valence-electron chi connectivity index (χ3n) is 16.8.